The standard InChI is InChI=1S/C11H20N2O4/c1-4-9-11(15)12-5-10(14)13(9)6-8(17-3)7-16-2/h8-9H,4-7H2,1-3H3,(H,12,15). The van der Waals surface area contributed by atoms with Crippen LogP contribution in [0.4, 0.5) is 0 Å². The molecule has 98 valence electrons. The fraction of sp³-hybridized carbons (Fsp3) is 0.818. The molecule has 1 aliphatic heterocycles. The van der Waals surface area contributed by atoms with Crippen molar-refractivity contribution < 1.29 is 19.1 Å². The second kappa shape index (κ2) is 6.56. The van der Waals surface area contributed by atoms with Crippen LogP contribution < -0.4 is 5.32 Å². The molecule has 0 bridgehead atoms. The topological polar surface area (TPSA) is 67.9 Å². The zero-order valence-electron chi connectivity index (χ0n) is 10.6. The summed E-state index contributed by atoms with van der Waals surface area (Å²) in [5.74, 6) is -0.172. The van der Waals surface area contributed by atoms with E-state index in [0.717, 1.165) is 0 Å². The molecule has 0 aromatic carbocycles. The molecule has 1 fully saturated rings. The van der Waals surface area contributed by atoms with E-state index in [1.807, 2.05) is 6.92 Å². The Balaban J connectivity index is 2.69. The van der Waals surface area contributed by atoms with Crippen LogP contribution in [0.5, 0.6) is 0 Å². The summed E-state index contributed by atoms with van der Waals surface area (Å²) < 4.78 is 10.2. The summed E-state index contributed by atoms with van der Waals surface area (Å²) >= 11 is 0. The summed E-state index contributed by atoms with van der Waals surface area (Å²) in [7, 11) is 3.15. The molecule has 0 spiro atoms. The van der Waals surface area contributed by atoms with E-state index in [1.165, 1.54) is 0 Å². The Kier molecular flexibility index (Phi) is 5.37. The molecule has 1 heterocycles. The highest BCUT2D eigenvalue weighted by atomic mass is 16.5. The lowest BCUT2D eigenvalue weighted by molar-refractivity contribution is -0.148. The van der Waals surface area contributed by atoms with Crippen LogP contribution in [0, 0.1) is 0 Å². The van der Waals surface area contributed by atoms with E-state index in [9.17, 15) is 9.59 Å². The monoisotopic (exact) mass is 244 g/mol. The molecule has 1 saturated heterocycles. The summed E-state index contributed by atoms with van der Waals surface area (Å²) in [5, 5.41) is 2.58. The van der Waals surface area contributed by atoms with E-state index < -0.39 is 6.04 Å². The number of amides is 2. The van der Waals surface area contributed by atoms with Crippen molar-refractivity contribution in [3.63, 3.8) is 0 Å². The molecule has 0 aliphatic carbocycles. The summed E-state index contributed by atoms with van der Waals surface area (Å²) in [6, 6.07) is -0.397. The van der Waals surface area contributed by atoms with Crippen LogP contribution in [0.15, 0.2) is 0 Å². The van der Waals surface area contributed by atoms with E-state index in [1.54, 1.807) is 19.1 Å². The van der Waals surface area contributed by atoms with Gasteiger partial charge in [0.15, 0.2) is 0 Å². The van der Waals surface area contributed by atoms with Crippen LogP contribution in [0.1, 0.15) is 13.3 Å². The molecule has 0 aromatic heterocycles. The van der Waals surface area contributed by atoms with Gasteiger partial charge in [0, 0.05) is 20.8 Å². The Morgan fingerprint density at radius 2 is 2.18 bits per heavy atom. The molecule has 2 atom stereocenters. The van der Waals surface area contributed by atoms with Gasteiger partial charge in [-0.05, 0) is 6.42 Å². The molecule has 0 saturated carbocycles. The number of methoxy groups -OCH3 is 2. The van der Waals surface area contributed by atoms with Crippen molar-refractivity contribution in [3.8, 4) is 0 Å². The van der Waals surface area contributed by atoms with Crippen molar-refractivity contribution in [2.24, 2.45) is 0 Å². The van der Waals surface area contributed by atoms with E-state index in [0.29, 0.717) is 19.6 Å². The Morgan fingerprint density at radius 3 is 2.71 bits per heavy atom. The predicted octanol–water partition coefficient (Wildman–Crippen LogP) is -0.615. The number of nitrogens with one attached hydrogen (secondary N) is 1. The summed E-state index contributed by atoms with van der Waals surface area (Å²) in [6.45, 7) is 2.74. The third-order valence-electron chi connectivity index (χ3n) is 2.89. The lowest BCUT2D eigenvalue weighted by Gasteiger charge is -2.36. The molecule has 6 heteroatoms. The molecule has 6 nitrogen and oxygen atoms in total. The van der Waals surface area contributed by atoms with Crippen LogP contribution in [0.3, 0.4) is 0 Å². The number of carbonyl (C=O) groups excluding carboxylic acids is 2. The minimum atomic E-state index is -0.397. The first kappa shape index (κ1) is 13.9. The molecule has 1 N–H and O–H groups in total. The molecule has 1 rings (SSSR count). The van der Waals surface area contributed by atoms with Gasteiger partial charge in [0.2, 0.25) is 11.8 Å². The normalized spacial score (nSPS) is 22.5. The van der Waals surface area contributed by atoms with Crippen LogP contribution in [-0.2, 0) is 19.1 Å². The average Bonchev–Trinajstić information content (AvgIpc) is 2.33. The van der Waals surface area contributed by atoms with E-state index in [4.69, 9.17) is 9.47 Å². The van der Waals surface area contributed by atoms with Gasteiger partial charge < -0.3 is 19.7 Å². The Labute approximate surface area is 101 Å². The second-order valence-corrected chi connectivity index (χ2v) is 4.00. The first-order valence-electron chi connectivity index (χ1n) is 5.72. The lowest BCUT2D eigenvalue weighted by Crippen LogP contribution is -2.60. The van der Waals surface area contributed by atoms with Gasteiger partial charge in [0.05, 0.1) is 19.3 Å². The fourth-order valence-electron chi connectivity index (χ4n) is 1.93. The van der Waals surface area contributed by atoms with Crippen molar-refractivity contribution in [2.45, 2.75) is 25.5 Å². The zero-order chi connectivity index (χ0) is 12.8. The van der Waals surface area contributed by atoms with Gasteiger partial charge in [0.25, 0.3) is 0 Å². The van der Waals surface area contributed by atoms with Gasteiger partial charge in [-0.25, -0.2) is 0 Å². The maximum atomic E-state index is 11.8. The maximum absolute atomic E-state index is 11.8. The molecule has 2 unspecified atom stereocenters. The van der Waals surface area contributed by atoms with Crippen molar-refractivity contribution >= 4 is 11.8 Å². The number of rotatable bonds is 6. The molecule has 17 heavy (non-hydrogen) atoms. The highest BCUT2D eigenvalue weighted by Crippen LogP contribution is 2.11. The summed E-state index contributed by atoms with van der Waals surface area (Å²) in [4.78, 5) is 25.0. The fourth-order valence-corrected chi connectivity index (χ4v) is 1.93. The molecule has 2 amide bonds. The van der Waals surface area contributed by atoms with Gasteiger partial charge in [-0.2, -0.15) is 0 Å². The van der Waals surface area contributed by atoms with E-state index in [-0.39, 0.29) is 24.5 Å². The smallest absolute Gasteiger partial charge is 0.243 e. The third kappa shape index (κ3) is 3.41. The molecule has 0 radical (unpaired) electrons. The number of nitrogens with zero attached hydrogens (tertiary/aromatic N) is 1. The SMILES string of the molecule is CCC1C(=O)NCC(=O)N1CC(COC)OC. The summed E-state index contributed by atoms with van der Waals surface area (Å²) in [5.41, 5.74) is 0. The highest BCUT2D eigenvalue weighted by Gasteiger charge is 2.34. The Morgan fingerprint density at radius 1 is 1.47 bits per heavy atom. The van der Waals surface area contributed by atoms with Gasteiger partial charge >= 0.3 is 0 Å². The highest BCUT2D eigenvalue weighted by molar-refractivity contribution is 5.94. The summed E-state index contributed by atoms with van der Waals surface area (Å²) in [6.07, 6.45) is 0.393. The number of ether oxygens (including phenoxy) is 2. The van der Waals surface area contributed by atoms with Crippen molar-refractivity contribution in [3.05, 3.63) is 0 Å². The van der Waals surface area contributed by atoms with Crippen molar-refractivity contribution in [1.29, 1.82) is 0 Å². The number of piperazine rings is 1. The average molecular weight is 244 g/mol. The third-order valence-corrected chi connectivity index (χ3v) is 2.89. The first-order chi connectivity index (χ1) is 8.13. The van der Waals surface area contributed by atoms with Crippen LogP contribution >= 0.6 is 0 Å². The van der Waals surface area contributed by atoms with Crippen molar-refractivity contribution in [1.82, 2.24) is 10.2 Å². The van der Waals surface area contributed by atoms with Crippen molar-refractivity contribution in [2.75, 3.05) is 33.9 Å². The number of hydrogen-bond donors (Lipinski definition) is 1. The van der Waals surface area contributed by atoms with Crippen LogP contribution in [-0.4, -0.2) is 62.8 Å². The van der Waals surface area contributed by atoms with Gasteiger partial charge in [-0.1, -0.05) is 6.92 Å². The number of hydrogen-bond acceptors (Lipinski definition) is 4. The lowest BCUT2D eigenvalue weighted by atomic mass is 10.1. The molecular formula is C11H20N2O4. The van der Waals surface area contributed by atoms with Crippen LogP contribution in [0.2, 0.25) is 0 Å². The van der Waals surface area contributed by atoms with Gasteiger partial charge in [0.1, 0.15) is 6.04 Å². The molecular weight excluding hydrogens is 224 g/mol. The van der Waals surface area contributed by atoms with E-state index in [2.05, 4.69) is 5.32 Å². The molecule has 1 aliphatic rings. The quantitative estimate of drug-likeness (QED) is 0.676. The first-order valence-corrected chi connectivity index (χ1v) is 5.72. The second-order valence-electron chi connectivity index (χ2n) is 4.00. The minimum absolute atomic E-state index is 0.0682. The molecule has 0 aromatic rings. The zero-order valence-corrected chi connectivity index (χ0v) is 10.6. The Hall–Kier alpha value is -1.14. The Bertz CT molecular complexity index is 283. The minimum Gasteiger partial charge on any atom is -0.382 e. The maximum Gasteiger partial charge on any atom is 0.243 e. The van der Waals surface area contributed by atoms with Gasteiger partial charge in [-0.15, -0.1) is 0 Å². The predicted molar refractivity (Wildman–Crippen MR) is 61.5 cm³/mol. The largest absolute Gasteiger partial charge is 0.382 e. The van der Waals surface area contributed by atoms with Gasteiger partial charge in [-0.3, -0.25) is 9.59 Å². The van der Waals surface area contributed by atoms with E-state index >= 15 is 0 Å². The number of carbonyl (C=O) groups is 2. The van der Waals surface area contributed by atoms with Crippen LogP contribution in [0.25, 0.3) is 0 Å².